The van der Waals surface area contributed by atoms with Crippen molar-refractivity contribution in [2.24, 2.45) is 24.8 Å². The molecule has 6 rings (SSSR count). The number of aromatic nitrogens is 3. The number of fused-ring (bicyclic) bond motifs is 2. The summed E-state index contributed by atoms with van der Waals surface area (Å²) in [4.78, 5) is 2.56. The van der Waals surface area contributed by atoms with Crippen LogP contribution < -0.4 is 5.32 Å². The standard InChI is InChI=1S/C27H32F3N5O/c1-34-7-4-19-10-18(2-3-25(19)34)24-13-23(27(28,29)30)26(33-32-24)31-22-11-20-15-35(16-21(20)12-22)14-17-5-8-36-9-6-17/h2-4,7,10,13,17,20-22H,5-6,8-9,11-12,14-16H2,1H3,(H,31,33)/t20-,21+,22+. The quantitative estimate of drug-likeness (QED) is 0.523. The minimum Gasteiger partial charge on any atom is -0.381 e. The summed E-state index contributed by atoms with van der Waals surface area (Å²) < 4.78 is 49.6. The van der Waals surface area contributed by atoms with Crippen molar-refractivity contribution in [1.29, 1.82) is 0 Å². The number of nitrogens with zero attached hydrogens (tertiary/aromatic N) is 4. The molecule has 1 aromatic carbocycles. The van der Waals surface area contributed by atoms with Crippen LogP contribution >= 0.6 is 0 Å². The summed E-state index contributed by atoms with van der Waals surface area (Å²) in [5, 5.41) is 12.3. The molecule has 9 heteroatoms. The van der Waals surface area contributed by atoms with Gasteiger partial charge in [0.15, 0.2) is 5.82 Å². The van der Waals surface area contributed by atoms with Crippen LogP contribution in [-0.2, 0) is 18.0 Å². The highest BCUT2D eigenvalue weighted by molar-refractivity contribution is 5.85. The van der Waals surface area contributed by atoms with Gasteiger partial charge in [0.25, 0.3) is 0 Å². The lowest BCUT2D eigenvalue weighted by atomic mass is 10.00. The van der Waals surface area contributed by atoms with Gasteiger partial charge in [-0.3, -0.25) is 0 Å². The monoisotopic (exact) mass is 499 g/mol. The first-order valence-corrected chi connectivity index (χ1v) is 12.9. The smallest absolute Gasteiger partial charge is 0.381 e. The molecule has 1 N–H and O–H groups in total. The Labute approximate surface area is 208 Å². The summed E-state index contributed by atoms with van der Waals surface area (Å²) in [5.41, 5.74) is 1.11. The fourth-order valence-corrected chi connectivity index (χ4v) is 6.45. The molecule has 2 aliphatic heterocycles. The highest BCUT2D eigenvalue weighted by Crippen LogP contribution is 2.42. The van der Waals surface area contributed by atoms with Gasteiger partial charge in [0.05, 0.1) is 5.69 Å². The Bertz CT molecular complexity index is 1220. The zero-order valence-corrected chi connectivity index (χ0v) is 20.5. The summed E-state index contributed by atoms with van der Waals surface area (Å²) in [5.74, 6) is 1.61. The van der Waals surface area contributed by atoms with E-state index in [2.05, 4.69) is 20.4 Å². The highest BCUT2D eigenvalue weighted by Gasteiger charge is 2.43. The summed E-state index contributed by atoms with van der Waals surface area (Å²) in [6.45, 7) is 4.92. The number of likely N-dealkylation sites (tertiary alicyclic amines) is 1. The fourth-order valence-electron chi connectivity index (χ4n) is 6.45. The number of anilines is 1. The maximum absolute atomic E-state index is 14.1. The van der Waals surface area contributed by atoms with Gasteiger partial charge in [-0.05, 0) is 67.7 Å². The molecule has 1 aliphatic carbocycles. The van der Waals surface area contributed by atoms with Crippen LogP contribution in [0.3, 0.4) is 0 Å². The molecule has 3 aliphatic rings. The largest absolute Gasteiger partial charge is 0.420 e. The molecule has 192 valence electrons. The fraction of sp³-hybridized carbons (Fsp3) is 0.556. The number of halogens is 3. The van der Waals surface area contributed by atoms with Crippen molar-refractivity contribution in [3.05, 3.63) is 42.1 Å². The number of alkyl halides is 3. The Morgan fingerprint density at radius 2 is 1.78 bits per heavy atom. The number of rotatable bonds is 5. The third-order valence-electron chi connectivity index (χ3n) is 8.31. The molecule has 1 saturated carbocycles. The minimum atomic E-state index is -4.52. The van der Waals surface area contributed by atoms with Gasteiger partial charge in [0.2, 0.25) is 0 Å². The molecule has 3 fully saturated rings. The van der Waals surface area contributed by atoms with Crippen LogP contribution in [0.15, 0.2) is 36.5 Å². The van der Waals surface area contributed by atoms with Gasteiger partial charge < -0.3 is 19.5 Å². The lowest BCUT2D eigenvalue weighted by Gasteiger charge is -2.28. The molecule has 3 aromatic rings. The summed E-state index contributed by atoms with van der Waals surface area (Å²) in [6, 6.07) is 8.61. The van der Waals surface area contributed by atoms with Gasteiger partial charge in [-0.1, -0.05) is 6.07 Å². The van der Waals surface area contributed by atoms with Crippen LogP contribution in [0, 0.1) is 17.8 Å². The first-order chi connectivity index (χ1) is 17.3. The maximum Gasteiger partial charge on any atom is 0.420 e. The van der Waals surface area contributed by atoms with Crippen molar-refractivity contribution in [2.75, 3.05) is 38.2 Å². The van der Waals surface area contributed by atoms with Crippen molar-refractivity contribution in [3.63, 3.8) is 0 Å². The Kier molecular flexibility index (Phi) is 6.16. The van der Waals surface area contributed by atoms with E-state index in [9.17, 15) is 13.2 Å². The highest BCUT2D eigenvalue weighted by atomic mass is 19.4. The van der Waals surface area contributed by atoms with Gasteiger partial charge in [-0.15, -0.1) is 10.2 Å². The van der Waals surface area contributed by atoms with Gasteiger partial charge >= 0.3 is 6.18 Å². The Hall–Kier alpha value is -2.65. The normalized spacial score (nSPS) is 25.5. The molecule has 3 atom stereocenters. The van der Waals surface area contributed by atoms with Crippen LogP contribution in [-0.4, -0.2) is 58.6 Å². The van der Waals surface area contributed by atoms with E-state index in [-0.39, 0.29) is 17.6 Å². The topological polar surface area (TPSA) is 55.2 Å². The average molecular weight is 500 g/mol. The van der Waals surface area contributed by atoms with E-state index in [0.717, 1.165) is 75.5 Å². The molecular weight excluding hydrogens is 467 g/mol. The first-order valence-electron chi connectivity index (χ1n) is 12.9. The molecule has 0 spiro atoms. The van der Waals surface area contributed by atoms with Crippen molar-refractivity contribution in [1.82, 2.24) is 19.7 Å². The summed E-state index contributed by atoms with van der Waals surface area (Å²) in [6.07, 6.45) is 1.42. The Balaban J connectivity index is 1.15. The molecule has 0 radical (unpaired) electrons. The lowest BCUT2D eigenvalue weighted by Crippen LogP contribution is -2.32. The molecule has 0 bridgehead atoms. The molecule has 0 amide bonds. The second kappa shape index (κ2) is 9.34. The van der Waals surface area contributed by atoms with Crippen molar-refractivity contribution in [2.45, 2.75) is 37.9 Å². The van der Waals surface area contributed by atoms with Gasteiger partial charge in [0.1, 0.15) is 5.56 Å². The van der Waals surface area contributed by atoms with Crippen molar-refractivity contribution >= 4 is 16.7 Å². The van der Waals surface area contributed by atoms with Gasteiger partial charge in [-0.25, -0.2) is 0 Å². The SMILES string of the molecule is Cn1ccc2cc(-c3cc(C(F)(F)F)c(N[C@H]4C[C@@H]5CN(CC6CCOCC6)C[C@@H]5C4)nn3)ccc21. The first kappa shape index (κ1) is 23.7. The van der Waals surface area contributed by atoms with Crippen molar-refractivity contribution < 1.29 is 17.9 Å². The summed E-state index contributed by atoms with van der Waals surface area (Å²) >= 11 is 0. The molecule has 2 saturated heterocycles. The van der Waals surface area contributed by atoms with Crippen LogP contribution in [0.2, 0.25) is 0 Å². The van der Waals surface area contributed by atoms with E-state index in [4.69, 9.17) is 4.74 Å². The third-order valence-corrected chi connectivity index (χ3v) is 8.31. The predicted octanol–water partition coefficient (Wildman–Crippen LogP) is 5.20. The number of aryl methyl sites for hydroxylation is 1. The van der Waals surface area contributed by atoms with Crippen LogP contribution in [0.5, 0.6) is 0 Å². The third kappa shape index (κ3) is 4.70. The number of nitrogens with one attached hydrogen (secondary N) is 1. The average Bonchev–Trinajstić information content (AvgIpc) is 3.52. The van der Waals surface area contributed by atoms with E-state index in [1.54, 1.807) is 6.07 Å². The number of ether oxygens (including phenoxy) is 1. The van der Waals surface area contributed by atoms with E-state index >= 15 is 0 Å². The van der Waals surface area contributed by atoms with Crippen LogP contribution in [0.4, 0.5) is 19.0 Å². The summed E-state index contributed by atoms with van der Waals surface area (Å²) in [7, 11) is 1.94. The van der Waals surface area contributed by atoms with E-state index in [1.807, 2.05) is 36.0 Å². The van der Waals surface area contributed by atoms with Crippen molar-refractivity contribution in [3.8, 4) is 11.3 Å². The Morgan fingerprint density at radius 1 is 1.03 bits per heavy atom. The number of benzene rings is 1. The van der Waals surface area contributed by atoms with Gasteiger partial charge in [0, 0.05) is 68.6 Å². The lowest BCUT2D eigenvalue weighted by molar-refractivity contribution is -0.137. The number of hydrogen-bond acceptors (Lipinski definition) is 5. The number of hydrogen-bond donors (Lipinski definition) is 1. The molecule has 0 unspecified atom stereocenters. The minimum absolute atomic E-state index is 0.00727. The van der Waals surface area contributed by atoms with E-state index in [0.29, 0.717) is 23.3 Å². The van der Waals surface area contributed by atoms with Crippen LogP contribution in [0.1, 0.15) is 31.2 Å². The molecule has 2 aromatic heterocycles. The second-order valence-electron chi connectivity index (χ2n) is 10.8. The molecule has 6 nitrogen and oxygen atoms in total. The molecular formula is C27H32F3N5O. The maximum atomic E-state index is 14.1. The van der Waals surface area contributed by atoms with Crippen LogP contribution in [0.25, 0.3) is 22.2 Å². The van der Waals surface area contributed by atoms with Gasteiger partial charge in [-0.2, -0.15) is 13.2 Å². The van der Waals surface area contributed by atoms with E-state index < -0.39 is 11.7 Å². The Morgan fingerprint density at radius 3 is 2.50 bits per heavy atom. The second-order valence-corrected chi connectivity index (χ2v) is 10.8. The zero-order valence-electron chi connectivity index (χ0n) is 20.5. The predicted molar refractivity (Wildman–Crippen MR) is 133 cm³/mol. The molecule has 36 heavy (non-hydrogen) atoms. The molecule has 4 heterocycles. The van der Waals surface area contributed by atoms with E-state index in [1.165, 1.54) is 0 Å². The zero-order chi connectivity index (χ0) is 24.9.